The van der Waals surface area contributed by atoms with Gasteiger partial charge in [-0.25, -0.2) is 0 Å². The lowest BCUT2D eigenvalue weighted by Crippen LogP contribution is -2.33. The van der Waals surface area contributed by atoms with Gasteiger partial charge in [0, 0.05) is 22.8 Å². The monoisotopic (exact) mass is 346 g/mol. The van der Waals surface area contributed by atoms with Gasteiger partial charge >= 0.3 is 0 Å². The number of anilines is 1. The van der Waals surface area contributed by atoms with Gasteiger partial charge in [-0.3, -0.25) is 4.79 Å². The standard InChI is InChI=1S/C19H23ClN2O2/c1-13(2)19(14-7-9-15(20)10-8-14)21-12-18(23)22-16-5-4-6-17(11-16)24-3/h4-11,13,19,21H,12H2,1-3H3,(H,22,23). The summed E-state index contributed by atoms with van der Waals surface area (Å²) in [6.07, 6.45) is 0. The maximum absolute atomic E-state index is 12.2. The van der Waals surface area contributed by atoms with E-state index in [4.69, 9.17) is 16.3 Å². The number of rotatable bonds is 7. The largest absolute Gasteiger partial charge is 0.497 e. The summed E-state index contributed by atoms with van der Waals surface area (Å²) in [4.78, 5) is 12.2. The third kappa shape index (κ3) is 5.25. The summed E-state index contributed by atoms with van der Waals surface area (Å²) in [5.41, 5.74) is 1.83. The Labute approximate surface area is 148 Å². The Kier molecular flexibility index (Phi) is 6.64. The minimum absolute atomic E-state index is 0.0818. The minimum atomic E-state index is -0.0946. The molecule has 0 bridgehead atoms. The summed E-state index contributed by atoms with van der Waals surface area (Å²) in [7, 11) is 1.60. The van der Waals surface area contributed by atoms with Gasteiger partial charge in [-0.2, -0.15) is 0 Å². The number of methoxy groups -OCH3 is 1. The molecule has 1 atom stereocenters. The Balaban J connectivity index is 1.96. The first-order valence-electron chi connectivity index (χ1n) is 7.92. The van der Waals surface area contributed by atoms with Crippen molar-refractivity contribution < 1.29 is 9.53 Å². The van der Waals surface area contributed by atoms with Crippen LogP contribution >= 0.6 is 11.6 Å². The van der Waals surface area contributed by atoms with Crippen LogP contribution in [0.1, 0.15) is 25.5 Å². The van der Waals surface area contributed by atoms with Gasteiger partial charge in [0.25, 0.3) is 0 Å². The van der Waals surface area contributed by atoms with Crippen LogP contribution in [0.2, 0.25) is 5.02 Å². The molecule has 0 saturated carbocycles. The molecule has 2 aromatic carbocycles. The fourth-order valence-corrected chi connectivity index (χ4v) is 2.64. The molecule has 2 rings (SSSR count). The van der Waals surface area contributed by atoms with Gasteiger partial charge in [0.1, 0.15) is 5.75 Å². The molecule has 5 heteroatoms. The van der Waals surface area contributed by atoms with Crippen molar-refractivity contribution in [2.75, 3.05) is 19.0 Å². The molecule has 0 fully saturated rings. The van der Waals surface area contributed by atoms with E-state index in [1.54, 1.807) is 13.2 Å². The van der Waals surface area contributed by atoms with Crippen molar-refractivity contribution >= 4 is 23.2 Å². The predicted octanol–water partition coefficient (Wildman–Crippen LogP) is 4.27. The average Bonchev–Trinajstić information content (AvgIpc) is 2.56. The van der Waals surface area contributed by atoms with Gasteiger partial charge in [-0.1, -0.05) is 43.6 Å². The quantitative estimate of drug-likeness (QED) is 0.787. The summed E-state index contributed by atoms with van der Waals surface area (Å²) in [5, 5.41) is 6.89. The lowest BCUT2D eigenvalue weighted by molar-refractivity contribution is -0.115. The summed E-state index contributed by atoms with van der Waals surface area (Å²) >= 11 is 5.94. The van der Waals surface area contributed by atoms with Gasteiger partial charge in [0.15, 0.2) is 0 Å². The molecule has 24 heavy (non-hydrogen) atoms. The lowest BCUT2D eigenvalue weighted by atomic mass is 9.96. The second kappa shape index (κ2) is 8.71. The van der Waals surface area contributed by atoms with Crippen LogP contribution in [-0.2, 0) is 4.79 Å². The number of benzene rings is 2. The van der Waals surface area contributed by atoms with E-state index in [9.17, 15) is 4.79 Å². The van der Waals surface area contributed by atoms with Crippen LogP contribution in [0, 0.1) is 5.92 Å². The average molecular weight is 347 g/mol. The summed E-state index contributed by atoms with van der Waals surface area (Å²) in [6.45, 7) is 4.46. The first-order chi connectivity index (χ1) is 11.5. The van der Waals surface area contributed by atoms with Crippen molar-refractivity contribution in [3.8, 4) is 5.75 Å². The maximum atomic E-state index is 12.2. The van der Waals surface area contributed by atoms with Crippen molar-refractivity contribution in [2.45, 2.75) is 19.9 Å². The third-order valence-corrected chi connectivity index (χ3v) is 3.98. The molecule has 0 heterocycles. The Morgan fingerprint density at radius 3 is 2.50 bits per heavy atom. The molecule has 2 aromatic rings. The van der Waals surface area contributed by atoms with E-state index in [1.165, 1.54) is 0 Å². The van der Waals surface area contributed by atoms with E-state index in [1.807, 2.05) is 42.5 Å². The highest BCUT2D eigenvalue weighted by Gasteiger charge is 2.16. The number of ether oxygens (including phenoxy) is 1. The van der Waals surface area contributed by atoms with Crippen LogP contribution in [0.15, 0.2) is 48.5 Å². The topological polar surface area (TPSA) is 50.4 Å². The molecule has 4 nitrogen and oxygen atoms in total. The molecule has 1 unspecified atom stereocenters. The SMILES string of the molecule is COc1cccc(NC(=O)CNC(c2ccc(Cl)cc2)C(C)C)c1. The molecule has 0 spiro atoms. The molecule has 0 aliphatic heterocycles. The van der Waals surface area contributed by atoms with Crippen molar-refractivity contribution in [3.63, 3.8) is 0 Å². The van der Waals surface area contributed by atoms with E-state index in [0.29, 0.717) is 22.4 Å². The number of halogens is 1. The van der Waals surface area contributed by atoms with Gasteiger partial charge in [0.2, 0.25) is 5.91 Å². The Hall–Kier alpha value is -2.04. The third-order valence-electron chi connectivity index (χ3n) is 3.73. The highest BCUT2D eigenvalue weighted by molar-refractivity contribution is 6.30. The number of hydrogen-bond acceptors (Lipinski definition) is 3. The van der Waals surface area contributed by atoms with E-state index in [0.717, 1.165) is 5.56 Å². The number of carbonyl (C=O) groups excluding carboxylic acids is 1. The second-order valence-corrected chi connectivity index (χ2v) is 6.37. The van der Waals surface area contributed by atoms with Crippen LogP contribution in [0.4, 0.5) is 5.69 Å². The Morgan fingerprint density at radius 1 is 1.17 bits per heavy atom. The maximum Gasteiger partial charge on any atom is 0.238 e. The Bertz CT molecular complexity index is 671. The molecular weight excluding hydrogens is 324 g/mol. The normalized spacial score (nSPS) is 12.0. The predicted molar refractivity (Wildman–Crippen MR) is 98.7 cm³/mol. The van der Waals surface area contributed by atoms with Gasteiger partial charge in [-0.05, 0) is 35.7 Å². The molecule has 0 aromatic heterocycles. The van der Waals surface area contributed by atoms with Gasteiger partial charge in [-0.15, -0.1) is 0 Å². The fourth-order valence-electron chi connectivity index (χ4n) is 2.52. The van der Waals surface area contributed by atoms with Crippen LogP contribution in [0.25, 0.3) is 0 Å². The second-order valence-electron chi connectivity index (χ2n) is 5.93. The molecule has 0 aliphatic rings. The van der Waals surface area contributed by atoms with Crippen molar-refractivity contribution in [2.24, 2.45) is 5.92 Å². The van der Waals surface area contributed by atoms with Crippen molar-refractivity contribution in [1.29, 1.82) is 0 Å². The zero-order chi connectivity index (χ0) is 17.5. The van der Waals surface area contributed by atoms with E-state index in [2.05, 4.69) is 24.5 Å². The molecule has 0 aliphatic carbocycles. The van der Waals surface area contributed by atoms with E-state index in [-0.39, 0.29) is 18.5 Å². The van der Waals surface area contributed by atoms with Crippen molar-refractivity contribution in [3.05, 3.63) is 59.1 Å². The van der Waals surface area contributed by atoms with Crippen LogP contribution in [0.3, 0.4) is 0 Å². The fraction of sp³-hybridized carbons (Fsp3) is 0.316. The highest BCUT2D eigenvalue weighted by atomic mass is 35.5. The molecule has 2 N–H and O–H groups in total. The number of carbonyl (C=O) groups is 1. The van der Waals surface area contributed by atoms with Gasteiger partial charge in [0.05, 0.1) is 13.7 Å². The number of nitrogens with one attached hydrogen (secondary N) is 2. The zero-order valence-corrected chi connectivity index (χ0v) is 14.9. The first kappa shape index (κ1) is 18.3. The van der Waals surface area contributed by atoms with Gasteiger partial charge < -0.3 is 15.4 Å². The number of amides is 1. The molecular formula is C19H23ClN2O2. The summed E-state index contributed by atoms with van der Waals surface area (Å²) in [6, 6.07) is 15.1. The molecule has 1 amide bonds. The lowest BCUT2D eigenvalue weighted by Gasteiger charge is -2.23. The van der Waals surface area contributed by atoms with Crippen LogP contribution in [-0.4, -0.2) is 19.6 Å². The zero-order valence-electron chi connectivity index (χ0n) is 14.2. The van der Waals surface area contributed by atoms with E-state index >= 15 is 0 Å². The van der Waals surface area contributed by atoms with E-state index < -0.39 is 0 Å². The number of hydrogen-bond donors (Lipinski definition) is 2. The first-order valence-corrected chi connectivity index (χ1v) is 8.30. The summed E-state index contributed by atoms with van der Waals surface area (Å²) < 4.78 is 5.16. The summed E-state index contributed by atoms with van der Waals surface area (Å²) in [5.74, 6) is 0.959. The smallest absolute Gasteiger partial charge is 0.238 e. The van der Waals surface area contributed by atoms with Crippen LogP contribution < -0.4 is 15.4 Å². The minimum Gasteiger partial charge on any atom is -0.497 e. The molecule has 0 radical (unpaired) electrons. The Morgan fingerprint density at radius 2 is 1.88 bits per heavy atom. The molecule has 0 saturated heterocycles. The van der Waals surface area contributed by atoms with Crippen LogP contribution in [0.5, 0.6) is 5.75 Å². The van der Waals surface area contributed by atoms with Crippen molar-refractivity contribution in [1.82, 2.24) is 5.32 Å². The molecule has 128 valence electrons. The highest BCUT2D eigenvalue weighted by Crippen LogP contribution is 2.23.